The Hall–Kier alpha value is -1.26. The second-order valence-corrected chi connectivity index (χ2v) is 3.54. The van der Waals surface area contributed by atoms with Crippen LogP contribution >= 0.6 is 0 Å². The maximum Gasteiger partial charge on any atom is 0.160 e. The van der Waals surface area contributed by atoms with Crippen molar-refractivity contribution in [2.24, 2.45) is 5.92 Å². The third-order valence-electron chi connectivity index (χ3n) is 2.37. The Bertz CT molecular complexity index is 324. The SMILES string of the molecule is COc1cc(C(O)[C@@H](C)CO)ccc1O. The molecule has 0 radical (unpaired) electrons. The Morgan fingerprint density at radius 3 is 2.60 bits per heavy atom. The number of aromatic hydroxyl groups is 1. The minimum Gasteiger partial charge on any atom is -0.504 e. The number of phenols is 1. The van der Waals surface area contributed by atoms with Gasteiger partial charge in [0.2, 0.25) is 0 Å². The lowest BCUT2D eigenvalue weighted by atomic mass is 9.98. The van der Waals surface area contributed by atoms with E-state index >= 15 is 0 Å². The molecule has 1 unspecified atom stereocenters. The van der Waals surface area contributed by atoms with Gasteiger partial charge in [-0.15, -0.1) is 0 Å². The third-order valence-corrected chi connectivity index (χ3v) is 2.37. The van der Waals surface area contributed by atoms with Gasteiger partial charge in [0, 0.05) is 12.5 Å². The molecule has 1 aromatic carbocycles. The lowest BCUT2D eigenvalue weighted by Crippen LogP contribution is -2.12. The van der Waals surface area contributed by atoms with Gasteiger partial charge in [0.15, 0.2) is 11.5 Å². The Kier molecular flexibility index (Phi) is 3.94. The van der Waals surface area contributed by atoms with Crippen LogP contribution in [0.5, 0.6) is 11.5 Å². The van der Waals surface area contributed by atoms with Crippen molar-refractivity contribution in [1.29, 1.82) is 0 Å². The van der Waals surface area contributed by atoms with Gasteiger partial charge >= 0.3 is 0 Å². The number of hydrogen-bond donors (Lipinski definition) is 3. The fraction of sp³-hybridized carbons (Fsp3) is 0.455. The Balaban J connectivity index is 2.95. The zero-order valence-corrected chi connectivity index (χ0v) is 8.84. The van der Waals surface area contributed by atoms with Gasteiger partial charge in [0.05, 0.1) is 13.2 Å². The number of phenolic OH excluding ortho intramolecular Hbond substituents is 1. The van der Waals surface area contributed by atoms with Crippen molar-refractivity contribution < 1.29 is 20.1 Å². The molecule has 4 nitrogen and oxygen atoms in total. The first kappa shape index (κ1) is 11.8. The second kappa shape index (κ2) is 5.00. The molecule has 3 N–H and O–H groups in total. The fourth-order valence-electron chi connectivity index (χ4n) is 1.31. The first-order chi connectivity index (χ1) is 7.10. The highest BCUT2D eigenvalue weighted by Gasteiger charge is 2.16. The van der Waals surface area contributed by atoms with Crippen molar-refractivity contribution in [2.45, 2.75) is 13.0 Å². The van der Waals surface area contributed by atoms with Gasteiger partial charge in [-0.05, 0) is 17.7 Å². The van der Waals surface area contributed by atoms with Crippen LogP contribution in [0, 0.1) is 5.92 Å². The van der Waals surface area contributed by atoms with E-state index in [1.807, 2.05) is 0 Å². The summed E-state index contributed by atoms with van der Waals surface area (Å²) >= 11 is 0. The average molecular weight is 212 g/mol. The van der Waals surface area contributed by atoms with E-state index < -0.39 is 6.10 Å². The standard InChI is InChI=1S/C11H16O4/c1-7(6-12)11(14)8-3-4-9(13)10(5-8)15-2/h3-5,7,11-14H,6H2,1-2H3/t7-,11?/m0/s1. The van der Waals surface area contributed by atoms with Gasteiger partial charge < -0.3 is 20.1 Å². The van der Waals surface area contributed by atoms with Gasteiger partial charge in [-0.25, -0.2) is 0 Å². The largest absolute Gasteiger partial charge is 0.504 e. The predicted octanol–water partition coefficient (Wildman–Crippen LogP) is 1.06. The number of rotatable bonds is 4. The van der Waals surface area contributed by atoms with Gasteiger partial charge in [0.25, 0.3) is 0 Å². The molecule has 0 fully saturated rings. The first-order valence-corrected chi connectivity index (χ1v) is 4.76. The number of benzene rings is 1. The van der Waals surface area contributed by atoms with Crippen LogP contribution in [-0.2, 0) is 0 Å². The van der Waals surface area contributed by atoms with E-state index in [2.05, 4.69) is 0 Å². The topological polar surface area (TPSA) is 69.9 Å². The number of methoxy groups -OCH3 is 1. The van der Waals surface area contributed by atoms with E-state index in [0.717, 1.165) is 0 Å². The maximum atomic E-state index is 9.80. The van der Waals surface area contributed by atoms with Crippen LogP contribution in [0.4, 0.5) is 0 Å². The molecule has 2 atom stereocenters. The monoisotopic (exact) mass is 212 g/mol. The van der Waals surface area contributed by atoms with Crippen molar-refractivity contribution in [3.8, 4) is 11.5 Å². The van der Waals surface area contributed by atoms with Gasteiger partial charge in [-0.1, -0.05) is 13.0 Å². The number of ether oxygens (including phenoxy) is 1. The smallest absolute Gasteiger partial charge is 0.160 e. The van der Waals surface area contributed by atoms with Crippen molar-refractivity contribution in [1.82, 2.24) is 0 Å². The van der Waals surface area contributed by atoms with Crippen LogP contribution in [0.1, 0.15) is 18.6 Å². The van der Waals surface area contributed by atoms with E-state index in [-0.39, 0.29) is 18.3 Å². The van der Waals surface area contributed by atoms with Crippen LogP contribution in [0.3, 0.4) is 0 Å². The summed E-state index contributed by atoms with van der Waals surface area (Å²) in [5, 5.41) is 28.1. The first-order valence-electron chi connectivity index (χ1n) is 4.76. The molecule has 1 rings (SSSR count). The minimum absolute atomic E-state index is 0.0325. The Morgan fingerprint density at radius 1 is 1.40 bits per heavy atom. The third kappa shape index (κ3) is 2.61. The fourth-order valence-corrected chi connectivity index (χ4v) is 1.31. The quantitative estimate of drug-likeness (QED) is 0.698. The van der Waals surface area contributed by atoms with Crippen LogP contribution in [0.25, 0.3) is 0 Å². The highest BCUT2D eigenvalue weighted by Crippen LogP contribution is 2.31. The number of aliphatic hydroxyl groups excluding tert-OH is 2. The summed E-state index contributed by atoms with van der Waals surface area (Å²) in [4.78, 5) is 0. The molecule has 4 heteroatoms. The van der Waals surface area contributed by atoms with Crippen LogP contribution in [0.2, 0.25) is 0 Å². The van der Waals surface area contributed by atoms with Crippen LogP contribution in [-0.4, -0.2) is 29.0 Å². The molecule has 0 heterocycles. The molecule has 0 aliphatic rings. The van der Waals surface area contributed by atoms with E-state index in [9.17, 15) is 10.2 Å². The van der Waals surface area contributed by atoms with Gasteiger partial charge in [-0.2, -0.15) is 0 Å². The number of hydrogen-bond acceptors (Lipinski definition) is 4. The molecule has 0 aliphatic heterocycles. The highest BCUT2D eigenvalue weighted by atomic mass is 16.5. The second-order valence-electron chi connectivity index (χ2n) is 3.54. The summed E-state index contributed by atoms with van der Waals surface area (Å²) < 4.78 is 4.93. The zero-order chi connectivity index (χ0) is 11.4. The molecule has 0 aliphatic carbocycles. The molecule has 0 spiro atoms. The van der Waals surface area contributed by atoms with E-state index in [1.54, 1.807) is 19.1 Å². The summed E-state index contributed by atoms with van der Waals surface area (Å²) in [5.74, 6) is 0.0982. The van der Waals surface area contributed by atoms with Gasteiger partial charge in [-0.3, -0.25) is 0 Å². The molecule has 15 heavy (non-hydrogen) atoms. The van der Waals surface area contributed by atoms with Crippen molar-refractivity contribution in [3.05, 3.63) is 23.8 Å². The predicted molar refractivity (Wildman–Crippen MR) is 55.9 cm³/mol. The molecule has 84 valence electrons. The average Bonchev–Trinajstić information content (AvgIpc) is 2.27. The molecular weight excluding hydrogens is 196 g/mol. The lowest BCUT2D eigenvalue weighted by Gasteiger charge is -2.17. The Morgan fingerprint density at radius 2 is 2.07 bits per heavy atom. The number of aliphatic hydroxyl groups is 2. The van der Waals surface area contributed by atoms with E-state index in [4.69, 9.17) is 9.84 Å². The van der Waals surface area contributed by atoms with Crippen molar-refractivity contribution in [3.63, 3.8) is 0 Å². The van der Waals surface area contributed by atoms with Gasteiger partial charge in [0.1, 0.15) is 0 Å². The summed E-state index contributed by atoms with van der Waals surface area (Å²) in [6, 6.07) is 4.63. The van der Waals surface area contributed by atoms with Crippen molar-refractivity contribution in [2.75, 3.05) is 13.7 Å². The lowest BCUT2D eigenvalue weighted by molar-refractivity contribution is 0.0768. The summed E-state index contributed by atoms with van der Waals surface area (Å²) in [7, 11) is 1.45. The zero-order valence-electron chi connectivity index (χ0n) is 8.84. The van der Waals surface area contributed by atoms with Crippen LogP contribution < -0.4 is 4.74 Å². The molecular formula is C11H16O4. The summed E-state index contributed by atoms with van der Waals surface area (Å²) in [6.45, 7) is 1.65. The molecule has 0 amide bonds. The Labute approximate surface area is 88.8 Å². The highest BCUT2D eigenvalue weighted by molar-refractivity contribution is 5.42. The summed E-state index contributed by atoms with van der Waals surface area (Å²) in [5.41, 5.74) is 0.617. The normalized spacial score (nSPS) is 14.7. The summed E-state index contributed by atoms with van der Waals surface area (Å²) in [6.07, 6.45) is -0.760. The molecule has 1 aromatic rings. The van der Waals surface area contributed by atoms with E-state index in [1.165, 1.54) is 13.2 Å². The van der Waals surface area contributed by atoms with E-state index in [0.29, 0.717) is 11.3 Å². The minimum atomic E-state index is -0.760. The molecule has 0 saturated carbocycles. The maximum absolute atomic E-state index is 9.80. The molecule has 0 aromatic heterocycles. The molecule has 0 bridgehead atoms. The van der Waals surface area contributed by atoms with Crippen LogP contribution in [0.15, 0.2) is 18.2 Å². The van der Waals surface area contributed by atoms with Crippen molar-refractivity contribution >= 4 is 0 Å². The molecule has 0 saturated heterocycles.